The van der Waals surface area contributed by atoms with Gasteiger partial charge in [-0.2, -0.15) is 0 Å². The molecule has 126 valence electrons. The van der Waals surface area contributed by atoms with Crippen molar-refractivity contribution >= 4 is 34.0 Å². The third-order valence-electron chi connectivity index (χ3n) is 4.12. The molecule has 2 aromatic heterocycles. The van der Waals surface area contributed by atoms with Gasteiger partial charge < -0.3 is 9.32 Å². The summed E-state index contributed by atoms with van der Waals surface area (Å²) in [5.74, 6) is -0.0151. The summed E-state index contributed by atoms with van der Waals surface area (Å²) in [6, 6.07) is 9.24. The van der Waals surface area contributed by atoms with Crippen LogP contribution in [0, 0.1) is 0 Å². The number of furan rings is 1. The van der Waals surface area contributed by atoms with E-state index in [-0.39, 0.29) is 17.6 Å². The SMILES string of the molecule is CC(=O)N1CCc2cc(-c3csc(NC(=O)c4ccco4)n3)ccc21. The smallest absolute Gasteiger partial charge is 0.293 e. The molecule has 0 bridgehead atoms. The van der Waals surface area contributed by atoms with Crippen molar-refractivity contribution in [1.82, 2.24) is 4.98 Å². The standard InChI is InChI=1S/C18H15N3O3S/c1-11(22)21-7-6-13-9-12(4-5-15(13)21)14-10-25-18(19-14)20-17(23)16-3-2-8-24-16/h2-5,8-10H,6-7H2,1H3,(H,19,20,23). The maximum atomic E-state index is 12.0. The molecule has 1 N–H and O–H groups in total. The van der Waals surface area contributed by atoms with Gasteiger partial charge in [-0.25, -0.2) is 4.98 Å². The Hall–Kier alpha value is -2.93. The van der Waals surface area contributed by atoms with E-state index in [0.29, 0.717) is 5.13 Å². The second-order valence-electron chi connectivity index (χ2n) is 5.73. The Balaban J connectivity index is 1.55. The number of carbonyl (C=O) groups excluding carboxylic acids is 2. The Morgan fingerprint density at radius 1 is 1.32 bits per heavy atom. The molecule has 4 rings (SSSR count). The van der Waals surface area contributed by atoms with Gasteiger partial charge in [-0.15, -0.1) is 11.3 Å². The van der Waals surface area contributed by atoms with Crippen LogP contribution in [-0.2, 0) is 11.2 Å². The van der Waals surface area contributed by atoms with Crippen LogP contribution in [0.15, 0.2) is 46.4 Å². The van der Waals surface area contributed by atoms with E-state index >= 15 is 0 Å². The van der Waals surface area contributed by atoms with E-state index in [9.17, 15) is 9.59 Å². The van der Waals surface area contributed by atoms with Crippen LogP contribution in [0.5, 0.6) is 0 Å². The fourth-order valence-corrected chi connectivity index (χ4v) is 3.63. The first-order valence-electron chi connectivity index (χ1n) is 7.83. The molecule has 1 aromatic carbocycles. The zero-order chi connectivity index (χ0) is 17.4. The molecule has 7 heteroatoms. The van der Waals surface area contributed by atoms with Crippen LogP contribution in [-0.4, -0.2) is 23.3 Å². The molecule has 0 spiro atoms. The number of amides is 2. The average molecular weight is 353 g/mol. The van der Waals surface area contributed by atoms with E-state index in [4.69, 9.17) is 4.42 Å². The quantitative estimate of drug-likeness (QED) is 0.781. The highest BCUT2D eigenvalue weighted by molar-refractivity contribution is 7.14. The molecule has 0 radical (unpaired) electrons. The average Bonchev–Trinajstić information content (AvgIpc) is 3.34. The van der Waals surface area contributed by atoms with E-state index in [1.807, 2.05) is 17.5 Å². The molecule has 6 nitrogen and oxygen atoms in total. The Kier molecular flexibility index (Phi) is 3.85. The highest BCUT2D eigenvalue weighted by Crippen LogP contribution is 2.33. The number of fused-ring (bicyclic) bond motifs is 1. The minimum absolute atomic E-state index is 0.0584. The number of nitrogens with zero attached hydrogens (tertiary/aromatic N) is 2. The fraction of sp³-hybridized carbons (Fsp3) is 0.167. The van der Waals surface area contributed by atoms with Crippen molar-refractivity contribution in [2.45, 2.75) is 13.3 Å². The predicted octanol–water partition coefficient (Wildman–Crippen LogP) is 3.56. The molecule has 3 aromatic rings. The lowest BCUT2D eigenvalue weighted by Crippen LogP contribution is -2.25. The van der Waals surface area contributed by atoms with Crippen molar-refractivity contribution in [1.29, 1.82) is 0 Å². The van der Waals surface area contributed by atoms with Gasteiger partial charge in [0.25, 0.3) is 5.91 Å². The van der Waals surface area contributed by atoms with Crippen LogP contribution in [0.3, 0.4) is 0 Å². The van der Waals surface area contributed by atoms with Gasteiger partial charge >= 0.3 is 0 Å². The molecule has 0 aliphatic carbocycles. The molecule has 0 saturated carbocycles. The number of anilines is 2. The van der Waals surface area contributed by atoms with Crippen LogP contribution in [0.2, 0.25) is 0 Å². The maximum Gasteiger partial charge on any atom is 0.293 e. The third-order valence-corrected chi connectivity index (χ3v) is 4.88. The number of rotatable bonds is 3. The van der Waals surface area contributed by atoms with Crippen molar-refractivity contribution in [2.24, 2.45) is 0 Å². The molecule has 0 atom stereocenters. The van der Waals surface area contributed by atoms with Crippen LogP contribution < -0.4 is 10.2 Å². The van der Waals surface area contributed by atoms with E-state index in [2.05, 4.69) is 16.4 Å². The van der Waals surface area contributed by atoms with Crippen LogP contribution in [0.25, 0.3) is 11.3 Å². The van der Waals surface area contributed by atoms with E-state index in [1.54, 1.807) is 24.0 Å². The topological polar surface area (TPSA) is 75.4 Å². The Morgan fingerprint density at radius 3 is 2.96 bits per heavy atom. The monoisotopic (exact) mass is 353 g/mol. The number of carbonyl (C=O) groups is 2. The molecule has 0 unspecified atom stereocenters. The zero-order valence-corrected chi connectivity index (χ0v) is 14.3. The van der Waals surface area contributed by atoms with Gasteiger partial charge in [0.2, 0.25) is 5.91 Å². The fourth-order valence-electron chi connectivity index (χ4n) is 2.92. The third kappa shape index (κ3) is 2.94. The maximum absolute atomic E-state index is 12.0. The lowest BCUT2D eigenvalue weighted by Gasteiger charge is -2.14. The minimum Gasteiger partial charge on any atom is -0.459 e. The lowest BCUT2D eigenvalue weighted by atomic mass is 10.1. The molecular formula is C18H15N3O3S. The number of aromatic nitrogens is 1. The van der Waals surface area contributed by atoms with Crippen molar-refractivity contribution in [3.05, 3.63) is 53.3 Å². The summed E-state index contributed by atoms with van der Waals surface area (Å²) in [5, 5.41) is 5.15. The molecular weight excluding hydrogens is 338 g/mol. The van der Waals surface area contributed by atoms with E-state index in [0.717, 1.165) is 35.5 Å². The molecule has 2 amide bonds. The zero-order valence-electron chi connectivity index (χ0n) is 13.5. The van der Waals surface area contributed by atoms with Crippen LogP contribution >= 0.6 is 11.3 Å². The Labute approximate surface area is 148 Å². The van der Waals surface area contributed by atoms with Gasteiger partial charge in [0.05, 0.1) is 12.0 Å². The Morgan fingerprint density at radius 2 is 2.20 bits per heavy atom. The van der Waals surface area contributed by atoms with E-state index < -0.39 is 0 Å². The normalized spacial score (nSPS) is 12.9. The molecule has 0 saturated heterocycles. The number of benzene rings is 1. The highest BCUT2D eigenvalue weighted by Gasteiger charge is 2.22. The van der Waals surface area contributed by atoms with Crippen LogP contribution in [0.4, 0.5) is 10.8 Å². The van der Waals surface area contributed by atoms with E-state index in [1.165, 1.54) is 17.6 Å². The van der Waals surface area contributed by atoms with Gasteiger partial charge in [-0.05, 0) is 36.2 Å². The van der Waals surface area contributed by atoms with Gasteiger partial charge in [-0.3, -0.25) is 14.9 Å². The summed E-state index contributed by atoms with van der Waals surface area (Å²) < 4.78 is 5.07. The minimum atomic E-state index is -0.322. The van der Waals surface area contributed by atoms with Crippen molar-refractivity contribution in [3.8, 4) is 11.3 Å². The summed E-state index contributed by atoms with van der Waals surface area (Å²) in [4.78, 5) is 29.9. The molecule has 1 aliphatic heterocycles. The predicted molar refractivity (Wildman–Crippen MR) is 95.9 cm³/mol. The van der Waals surface area contributed by atoms with Crippen LogP contribution in [0.1, 0.15) is 23.0 Å². The summed E-state index contributed by atoms with van der Waals surface area (Å²) in [6.07, 6.45) is 2.30. The molecule has 3 heterocycles. The highest BCUT2D eigenvalue weighted by atomic mass is 32.1. The van der Waals surface area contributed by atoms with Gasteiger partial charge in [0.1, 0.15) is 0 Å². The van der Waals surface area contributed by atoms with Crippen molar-refractivity contribution < 1.29 is 14.0 Å². The summed E-state index contributed by atoms with van der Waals surface area (Å²) in [6.45, 7) is 2.30. The Bertz CT molecular complexity index is 946. The number of thiazole rings is 1. The number of hydrogen-bond acceptors (Lipinski definition) is 5. The second-order valence-corrected chi connectivity index (χ2v) is 6.59. The molecule has 25 heavy (non-hydrogen) atoms. The van der Waals surface area contributed by atoms with Gasteiger partial charge in [-0.1, -0.05) is 6.07 Å². The summed E-state index contributed by atoms with van der Waals surface area (Å²) >= 11 is 1.36. The van der Waals surface area contributed by atoms with Crippen molar-refractivity contribution in [3.63, 3.8) is 0 Å². The van der Waals surface area contributed by atoms with Crippen molar-refractivity contribution in [2.75, 3.05) is 16.8 Å². The summed E-state index contributed by atoms with van der Waals surface area (Å²) in [7, 11) is 0. The van der Waals surface area contributed by atoms with Gasteiger partial charge in [0.15, 0.2) is 10.9 Å². The molecule has 1 aliphatic rings. The lowest BCUT2D eigenvalue weighted by molar-refractivity contribution is -0.116. The van der Waals surface area contributed by atoms with Gasteiger partial charge in [0, 0.05) is 30.1 Å². The first kappa shape index (κ1) is 15.6. The second kappa shape index (κ2) is 6.18. The largest absolute Gasteiger partial charge is 0.459 e. The summed E-state index contributed by atoms with van der Waals surface area (Å²) in [5.41, 5.74) is 3.88. The number of hydrogen-bond donors (Lipinski definition) is 1. The molecule has 0 fully saturated rings. The first-order valence-corrected chi connectivity index (χ1v) is 8.71. The number of nitrogens with one attached hydrogen (secondary N) is 1. The first-order chi connectivity index (χ1) is 12.1.